The molecule has 4 heterocycles. The first kappa shape index (κ1) is 18.0. The van der Waals surface area contributed by atoms with Gasteiger partial charge >= 0.3 is 6.98 Å². The molecule has 0 saturated carbocycles. The lowest BCUT2D eigenvalue weighted by molar-refractivity contribution is 1.63. The maximum atomic E-state index is 3.76. The Morgan fingerprint density at radius 1 is 0.567 bits per heavy atom. The third-order valence-corrected chi connectivity index (χ3v) is 8.62. The normalized spacial score (nSPS) is 12.5. The van der Waals surface area contributed by atoms with Crippen LogP contribution in [0, 0.1) is 0 Å². The third kappa shape index (κ3) is 3.08. The topological polar surface area (TPSA) is 24.1 Å². The summed E-state index contributed by atoms with van der Waals surface area (Å²) in [5.41, 5.74) is 6.18. The summed E-state index contributed by atoms with van der Waals surface area (Å²) < 4.78 is 0. The summed E-state index contributed by atoms with van der Waals surface area (Å²) in [7, 11) is 0. The van der Waals surface area contributed by atoms with Gasteiger partial charge in [-0.25, -0.2) is 0 Å². The van der Waals surface area contributed by atoms with E-state index < -0.39 is 0 Å². The van der Waals surface area contributed by atoms with Crippen molar-refractivity contribution in [2.45, 2.75) is 0 Å². The number of benzene rings is 2. The molecule has 2 N–H and O–H groups in total. The van der Waals surface area contributed by atoms with Gasteiger partial charge in [0, 0.05) is 9.75 Å². The molecule has 0 spiro atoms. The zero-order valence-corrected chi connectivity index (χ0v) is 18.4. The summed E-state index contributed by atoms with van der Waals surface area (Å²) in [5.74, 6) is 0. The molecule has 5 aromatic rings. The fourth-order valence-corrected chi connectivity index (χ4v) is 6.81. The van der Waals surface area contributed by atoms with E-state index >= 15 is 0 Å². The highest BCUT2D eigenvalue weighted by atomic mass is 32.1. The van der Waals surface area contributed by atoms with Gasteiger partial charge in [-0.1, -0.05) is 66.7 Å². The summed E-state index contributed by atoms with van der Waals surface area (Å²) in [4.78, 5) is 5.26. The highest BCUT2D eigenvalue weighted by molar-refractivity contribution is 7.27. The van der Waals surface area contributed by atoms with Crippen LogP contribution in [0.4, 0.5) is 11.4 Å². The van der Waals surface area contributed by atoms with Crippen molar-refractivity contribution in [2.24, 2.45) is 0 Å². The maximum Gasteiger partial charge on any atom is 0.406 e. The van der Waals surface area contributed by atoms with Gasteiger partial charge in [0.1, 0.15) is 0 Å². The van der Waals surface area contributed by atoms with Crippen LogP contribution >= 0.6 is 34.0 Å². The molecule has 30 heavy (non-hydrogen) atoms. The molecular formula is C24H17BN2S3. The van der Waals surface area contributed by atoms with E-state index in [-0.39, 0.29) is 6.98 Å². The van der Waals surface area contributed by atoms with E-state index in [1.54, 1.807) is 22.7 Å². The van der Waals surface area contributed by atoms with Gasteiger partial charge in [0.15, 0.2) is 0 Å². The predicted molar refractivity (Wildman–Crippen MR) is 135 cm³/mol. The highest BCUT2D eigenvalue weighted by Crippen LogP contribution is 2.53. The van der Waals surface area contributed by atoms with E-state index in [1.807, 2.05) is 11.3 Å². The number of hydrogen-bond donors (Lipinski definition) is 2. The van der Waals surface area contributed by atoms with Crippen LogP contribution in [-0.2, 0) is 0 Å². The van der Waals surface area contributed by atoms with Crippen molar-refractivity contribution >= 4 is 57.8 Å². The smallest absolute Gasteiger partial charge is 0.403 e. The third-order valence-electron chi connectivity index (χ3n) is 5.33. The SMILES string of the molecule is c1ccc(-c2ccc(B3Nc4c(-c5cccs5)sc(-c5cccs5)c4N3)cc2)cc1. The molecule has 0 amide bonds. The Balaban J connectivity index is 1.36. The summed E-state index contributed by atoms with van der Waals surface area (Å²) in [6.45, 7) is 0.0747. The van der Waals surface area contributed by atoms with E-state index in [4.69, 9.17) is 0 Å². The average molecular weight is 440 g/mol. The molecule has 6 rings (SSSR count). The van der Waals surface area contributed by atoms with Gasteiger partial charge in [0.05, 0.1) is 21.1 Å². The van der Waals surface area contributed by atoms with E-state index in [0.29, 0.717) is 0 Å². The van der Waals surface area contributed by atoms with Crippen LogP contribution in [0.25, 0.3) is 30.6 Å². The number of hydrogen-bond acceptors (Lipinski definition) is 5. The first-order valence-electron chi connectivity index (χ1n) is 9.80. The number of fused-ring (bicyclic) bond motifs is 1. The lowest BCUT2D eigenvalue weighted by Crippen LogP contribution is -2.42. The van der Waals surface area contributed by atoms with E-state index in [0.717, 1.165) is 0 Å². The van der Waals surface area contributed by atoms with Crippen LogP contribution in [0.3, 0.4) is 0 Å². The largest absolute Gasteiger partial charge is 0.406 e. The Morgan fingerprint density at radius 3 is 1.67 bits per heavy atom. The fraction of sp³-hybridized carbons (Fsp3) is 0. The average Bonchev–Trinajstić information content (AvgIpc) is 3.59. The minimum absolute atomic E-state index is 0.0747. The van der Waals surface area contributed by atoms with E-state index in [1.165, 1.54) is 47.5 Å². The Morgan fingerprint density at radius 2 is 1.13 bits per heavy atom. The molecule has 2 nitrogen and oxygen atoms in total. The predicted octanol–water partition coefficient (Wildman–Crippen LogP) is 7.10. The van der Waals surface area contributed by atoms with Gasteiger partial charge in [0.25, 0.3) is 0 Å². The van der Waals surface area contributed by atoms with Crippen molar-refractivity contribution in [3.8, 4) is 30.6 Å². The summed E-state index contributed by atoms with van der Waals surface area (Å²) in [5, 5.41) is 11.8. The van der Waals surface area contributed by atoms with Gasteiger partial charge in [-0.3, -0.25) is 0 Å². The summed E-state index contributed by atoms with van der Waals surface area (Å²) >= 11 is 5.46. The van der Waals surface area contributed by atoms with Crippen molar-refractivity contribution in [1.82, 2.24) is 0 Å². The Labute approximate surface area is 188 Å². The standard InChI is InChI=1S/C24H17BN2S3/c1-2-6-16(7-3-1)17-10-12-18(13-11-17)25-26-21-22(27-25)24(20-9-5-15-29-20)30-23(21)19-8-4-14-28-19/h1-15,26-27H. The molecule has 0 fully saturated rings. The second kappa shape index (κ2) is 7.47. The van der Waals surface area contributed by atoms with Gasteiger partial charge in [-0.05, 0) is 39.5 Å². The molecule has 0 radical (unpaired) electrons. The number of nitrogens with one attached hydrogen (secondary N) is 2. The van der Waals surface area contributed by atoms with Crippen LogP contribution in [0.15, 0.2) is 89.6 Å². The van der Waals surface area contributed by atoms with Crippen molar-refractivity contribution in [2.75, 3.05) is 10.5 Å². The zero-order chi connectivity index (χ0) is 19.9. The summed E-state index contributed by atoms with van der Waals surface area (Å²) in [6.07, 6.45) is 0. The second-order valence-electron chi connectivity index (χ2n) is 7.17. The van der Waals surface area contributed by atoms with Gasteiger partial charge in [0.2, 0.25) is 0 Å². The number of rotatable bonds is 4. The molecule has 0 atom stereocenters. The molecule has 0 aliphatic carbocycles. The van der Waals surface area contributed by atoms with Crippen molar-refractivity contribution < 1.29 is 0 Å². The molecule has 0 saturated heterocycles. The maximum absolute atomic E-state index is 3.76. The zero-order valence-electron chi connectivity index (χ0n) is 16.0. The van der Waals surface area contributed by atoms with Crippen LogP contribution in [-0.4, -0.2) is 6.98 Å². The van der Waals surface area contributed by atoms with Crippen molar-refractivity contribution in [3.63, 3.8) is 0 Å². The van der Waals surface area contributed by atoms with E-state index in [9.17, 15) is 0 Å². The lowest BCUT2D eigenvalue weighted by Gasteiger charge is -2.11. The monoisotopic (exact) mass is 440 g/mol. The lowest BCUT2D eigenvalue weighted by atomic mass is 9.69. The van der Waals surface area contributed by atoms with Gasteiger partial charge in [-0.15, -0.1) is 34.0 Å². The molecule has 0 bridgehead atoms. The van der Waals surface area contributed by atoms with E-state index in [2.05, 4.69) is 100 Å². The minimum Gasteiger partial charge on any atom is -0.403 e. The van der Waals surface area contributed by atoms with Gasteiger partial charge in [-0.2, -0.15) is 0 Å². The quantitative estimate of drug-likeness (QED) is 0.291. The molecule has 1 aliphatic heterocycles. The highest BCUT2D eigenvalue weighted by Gasteiger charge is 2.34. The van der Waals surface area contributed by atoms with Crippen LogP contribution < -0.4 is 15.9 Å². The molecular weight excluding hydrogens is 423 g/mol. The number of anilines is 2. The molecule has 144 valence electrons. The Hall–Kier alpha value is -2.80. The Bertz CT molecular complexity index is 1220. The minimum atomic E-state index is 0.0747. The molecule has 1 aliphatic rings. The first-order chi connectivity index (χ1) is 14.9. The second-order valence-corrected chi connectivity index (χ2v) is 10.1. The van der Waals surface area contributed by atoms with Crippen LogP contribution in [0.1, 0.15) is 0 Å². The first-order valence-corrected chi connectivity index (χ1v) is 12.4. The van der Waals surface area contributed by atoms with Gasteiger partial charge < -0.3 is 10.5 Å². The molecule has 2 aromatic carbocycles. The summed E-state index contributed by atoms with van der Waals surface area (Å²) in [6, 6.07) is 28.0. The van der Waals surface area contributed by atoms with Crippen molar-refractivity contribution in [3.05, 3.63) is 89.6 Å². The molecule has 3 aromatic heterocycles. The Kier molecular flexibility index (Phi) is 4.49. The van der Waals surface area contributed by atoms with Crippen LogP contribution in [0.2, 0.25) is 0 Å². The fourth-order valence-electron chi connectivity index (χ4n) is 3.86. The van der Waals surface area contributed by atoms with Crippen molar-refractivity contribution in [1.29, 1.82) is 0 Å². The molecule has 6 heteroatoms. The number of thiophene rings is 3. The van der Waals surface area contributed by atoms with Crippen LogP contribution in [0.5, 0.6) is 0 Å². The molecule has 0 unspecified atom stereocenters.